The van der Waals surface area contributed by atoms with Crippen LogP contribution in [0.25, 0.3) is 0 Å². The average Bonchev–Trinajstić information content (AvgIpc) is 3.66. The molecule has 7 aliphatic rings. The Balaban J connectivity index is 1.20. The van der Waals surface area contributed by atoms with Crippen molar-refractivity contribution >= 4 is 0 Å². The second kappa shape index (κ2) is 19.8. The topological polar surface area (TPSA) is 318 Å². The zero-order valence-electron chi connectivity index (χ0n) is 40.3. The van der Waals surface area contributed by atoms with Crippen molar-refractivity contribution in [1.29, 1.82) is 0 Å². The van der Waals surface area contributed by atoms with E-state index in [1.165, 1.54) is 0 Å². The van der Waals surface area contributed by atoms with Gasteiger partial charge in [-0.3, -0.25) is 0 Å². The molecule has 0 aromatic heterocycles. The smallest absolute Gasteiger partial charge is 0.187 e. The van der Waals surface area contributed by atoms with Crippen LogP contribution in [0, 0.1) is 45.3 Å². The number of aliphatic hydroxyl groups is 13. The van der Waals surface area contributed by atoms with Gasteiger partial charge in [-0.05, 0) is 117 Å². The molecule has 0 amide bonds. The molecule has 4 saturated carbocycles. The van der Waals surface area contributed by atoms with E-state index < -0.39 is 158 Å². The summed E-state index contributed by atoms with van der Waals surface area (Å²) in [5.74, 6) is -1.11. The fourth-order valence-corrected chi connectivity index (χ4v) is 14.8. The third kappa shape index (κ3) is 9.13. The van der Waals surface area contributed by atoms with Gasteiger partial charge in [-0.1, -0.05) is 46.3 Å². The highest BCUT2D eigenvalue weighted by molar-refractivity contribution is 5.22. The van der Waals surface area contributed by atoms with Crippen molar-refractivity contribution in [1.82, 2.24) is 0 Å². The lowest BCUT2D eigenvalue weighted by Gasteiger charge is -2.72. The molecule has 7 fully saturated rings. The monoisotopic (exact) mass is 963 g/mol. The van der Waals surface area contributed by atoms with Gasteiger partial charge in [0.2, 0.25) is 0 Å². The molecule has 7 rings (SSSR count). The third-order valence-electron chi connectivity index (χ3n) is 18.7. The summed E-state index contributed by atoms with van der Waals surface area (Å²) in [6.07, 6.45) is -19.3. The fraction of sp³-hybridized carbons (Fsp3) is 0.958. The molecule has 0 unspecified atom stereocenters. The first-order valence-electron chi connectivity index (χ1n) is 24.5. The van der Waals surface area contributed by atoms with E-state index in [-0.39, 0.29) is 23.7 Å². The Morgan fingerprint density at radius 1 is 0.657 bits per heavy atom. The molecule has 3 aliphatic heterocycles. The summed E-state index contributed by atoms with van der Waals surface area (Å²) in [6, 6.07) is 0. The maximum atomic E-state index is 12.7. The summed E-state index contributed by atoms with van der Waals surface area (Å²) < 4.78 is 37.1. The Morgan fingerprint density at radius 3 is 1.78 bits per heavy atom. The van der Waals surface area contributed by atoms with Crippen LogP contribution in [0.1, 0.15) is 107 Å². The molecule has 19 nitrogen and oxygen atoms in total. The van der Waals surface area contributed by atoms with E-state index in [4.69, 9.17) is 28.4 Å². The molecule has 0 bridgehead atoms. The molecule has 67 heavy (non-hydrogen) atoms. The van der Waals surface area contributed by atoms with Crippen molar-refractivity contribution in [3.8, 4) is 0 Å². The first-order chi connectivity index (χ1) is 31.2. The number of hydrogen-bond donors (Lipinski definition) is 13. The quantitative estimate of drug-likeness (QED) is 0.0773. The van der Waals surface area contributed by atoms with Crippen LogP contribution in [0.2, 0.25) is 0 Å². The molecule has 0 radical (unpaired) electrons. The van der Waals surface area contributed by atoms with Crippen molar-refractivity contribution in [2.75, 3.05) is 19.8 Å². The molecule has 26 atom stereocenters. The lowest BCUT2D eigenvalue weighted by Crippen LogP contribution is -2.71. The van der Waals surface area contributed by atoms with Crippen LogP contribution in [0.15, 0.2) is 11.6 Å². The predicted molar refractivity (Wildman–Crippen MR) is 235 cm³/mol. The van der Waals surface area contributed by atoms with E-state index in [9.17, 15) is 66.4 Å². The van der Waals surface area contributed by atoms with Crippen molar-refractivity contribution in [2.24, 2.45) is 45.3 Å². The van der Waals surface area contributed by atoms with Crippen LogP contribution in [0.4, 0.5) is 0 Å². The van der Waals surface area contributed by atoms with Gasteiger partial charge < -0.3 is 94.8 Å². The average molecular weight is 963 g/mol. The van der Waals surface area contributed by atoms with Crippen LogP contribution in [-0.2, 0) is 28.4 Å². The van der Waals surface area contributed by atoms with Crippen LogP contribution >= 0.6 is 0 Å². The molecule has 0 spiro atoms. The van der Waals surface area contributed by atoms with Gasteiger partial charge in [0.15, 0.2) is 18.9 Å². The summed E-state index contributed by atoms with van der Waals surface area (Å²) in [7, 11) is 0. The van der Waals surface area contributed by atoms with E-state index in [2.05, 4.69) is 26.8 Å². The Morgan fingerprint density at radius 2 is 1.19 bits per heavy atom. The van der Waals surface area contributed by atoms with E-state index in [0.29, 0.717) is 51.4 Å². The number of fused-ring (bicyclic) bond motifs is 5. The zero-order valence-corrected chi connectivity index (χ0v) is 40.3. The van der Waals surface area contributed by atoms with Crippen molar-refractivity contribution in [2.45, 2.75) is 223 Å². The second-order valence-corrected chi connectivity index (χ2v) is 23.1. The van der Waals surface area contributed by atoms with Crippen molar-refractivity contribution in [3.05, 3.63) is 11.6 Å². The lowest BCUT2D eigenvalue weighted by atomic mass is 9.34. The minimum absolute atomic E-state index is 0.0841. The van der Waals surface area contributed by atoms with Gasteiger partial charge in [-0.25, -0.2) is 0 Å². The van der Waals surface area contributed by atoms with Gasteiger partial charge in [-0.2, -0.15) is 0 Å². The molecule has 0 aromatic rings. The number of ether oxygens (including phenoxy) is 6. The molecule has 3 heterocycles. The van der Waals surface area contributed by atoms with Gasteiger partial charge >= 0.3 is 0 Å². The van der Waals surface area contributed by atoms with Gasteiger partial charge in [0, 0.05) is 0 Å². The van der Waals surface area contributed by atoms with Gasteiger partial charge in [0.1, 0.15) is 73.2 Å². The summed E-state index contributed by atoms with van der Waals surface area (Å²) in [4.78, 5) is 0. The van der Waals surface area contributed by atoms with E-state index >= 15 is 0 Å². The van der Waals surface area contributed by atoms with Crippen molar-refractivity contribution in [3.63, 3.8) is 0 Å². The van der Waals surface area contributed by atoms with Gasteiger partial charge in [-0.15, -0.1) is 0 Å². The highest BCUT2D eigenvalue weighted by Crippen LogP contribution is 2.76. The highest BCUT2D eigenvalue weighted by atomic mass is 16.7. The normalized spacial score (nSPS) is 52.9. The van der Waals surface area contributed by atoms with Crippen LogP contribution in [-0.4, -0.2) is 202 Å². The molecule has 0 aromatic carbocycles. The molecule has 13 N–H and O–H groups in total. The van der Waals surface area contributed by atoms with Gasteiger partial charge in [0.25, 0.3) is 0 Å². The second-order valence-electron chi connectivity index (χ2n) is 23.1. The Hall–Kier alpha value is -1.02. The number of aliphatic hydroxyl groups excluding tert-OH is 13. The number of hydrogen-bond acceptors (Lipinski definition) is 19. The highest BCUT2D eigenvalue weighted by Gasteiger charge is 2.74. The standard InChI is InChI=1S/C48H82O19/c1-21(2)10-9-13-48(8,67-43-39(61)35(57)32(54)26(19-50)65-43)22-11-15-46(6)30(22)23(51)16-28-45(5)14-12-29(52)44(3,4)40(45)24(17-47(28,46)7)63-42-38(60)36(58)33(55)27(66-42)20-62-41-37(59)34(56)31(53)25(18-49)64-41/h10,22-43,49-61H,9,11-20H2,1-8H3/t22-,23+,24-,25+,26+,27+,28+,29-,30-,31+,32+,33+,34-,35-,36-,37+,38+,39+,40-,41+,42+,43-,45+,46+,47+,48-/m0/s1. The first-order valence-corrected chi connectivity index (χ1v) is 24.5. The molecule has 388 valence electrons. The molecule has 19 heteroatoms. The Kier molecular flexibility index (Phi) is 15.9. The maximum absolute atomic E-state index is 12.7. The minimum Gasteiger partial charge on any atom is -0.394 e. The van der Waals surface area contributed by atoms with E-state index in [1.54, 1.807) is 0 Å². The fourth-order valence-electron chi connectivity index (χ4n) is 14.8. The Labute approximate surface area is 393 Å². The van der Waals surface area contributed by atoms with Gasteiger partial charge in [0.05, 0.1) is 43.7 Å². The summed E-state index contributed by atoms with van der Waals surface area (Å²) in [5, 5.41) is 142. The summed E-state index contributed by atoms with van der Waals surface area (Å²) in [5.41, 5.74) is -2.41. The first kappa shape index (κ1) is 53.8. The molecular weight excluding hydrogens is 881 g/mol. The number of rotatable bonds is 13. The predicted octanol–water partition coefficient (Wildman–Crippen LogP) is -1.06. The minimum atomic E-state index is -1.78. The van der Waals surface area contributed by atoms with Crippen LogP contribution < -0.4 is 0 Å². The summed E-state index contributed by atoms with van der Waals surface area (Å²) >= 11 is 0. The summed E-state index contributed by atoms with van der Waals surface area (Å²) in [6.45, 7) is 14.7. The maximum Gasteiger partial charge on any atom is 0.187 e. The SMILES string of the molecule is CC(C)=CCC[C@](C)(O[C@@H]1O[C@H](CO)[C@@H](O)[C@H](O)[C@H]1O)[C@H]1CC[C@]2(C)[C@@H]1[C@H](O)C[C@@H]1[C@@]3(C)CC[C@H](O)C(C)(C)[C@@H]3[C@@H](O[C@@H]3O[C@H](CO[C@@H]4O[C@H](CO)[C@@H](O)[C@H](O)[C@H]4O)[C@@H](O)[C@H](O)[C@H]3O)C[C@]12C. The lowest BCUT2D eigenvalue weighted by molar-refractivity contribution is -0.357. The largest absolute Gasteiger partial charge is 0.394 e. The molecule has 3 saturated heterocycles. The Bertz CT molecular complexity index is 1710. The molecular formula is C48H82O19. The van der Waals surface area contributed by atoms with Crippen molar-refractivity contribution < 1.29 is 94.8 Å². The van der Waals surface area contributed by atoms with Crippen LogP contribution in [0.3, 0.4) is 0 Å². The molecule has 4 aliphatic carbocycles. The zero-order chi connectivity index (χ0) is 49.5. The van der Waals surface area contributed by atoms with E-state index in [1.807, 2.05) is 34.6 Å². The van der Waals surface area contributed by atoms with Crippen LogP contribution in [0.5, 0.6) is 0 Å². The third-order valence-corrected chi connectivity index (χ3v) is 18.7. The number of allylic oxidation sites excluding steroid dienone is 2. The van der Waals surface area contributed by atoms with E-state index in [0.717, 1.165) is 5.57 Å².